The minimum absolute atomic E-state index is 0.0770. The van der Waals surface area contributed by atoms with Gasteiger partial charge in [0.15, 0.2) is 0 Å². The molecule has 1 aliphatic rings. The molecule has 1 saturated carbocycles. The molecule has 0 unspecified atom stereocenters. The van der Waals surface area contributed by atoms with Gasteiger partial charge in [-0.05, 0) is 49.6 Å². The van der Waals surface area contributed by atoms with Gasteiger partial charge < -0.3 is 10.1 Å². The predicted octanol–water partition coefficient (Wildman–Crippen LogP) is 5.39. The minimum Gasteiger partial charge on any atom is -0.494 e. The van der Waals surface area contributed by atoms with Crippen LogP contribution in [0.25, 0.3) is 10.9 Å². The van der Waals surface area contributed by atoms with Crippen molar-refractivity contribution < 1.29 is 9.53 Å². The summed E-state index contributed by atoms with van der Waals surface area (Å²) in [5.74, 6) is 0.785. The van der Waals surface area contributed by atoms with E-state index in [0.717, 1.165) is 47.8 Å². The van der Waals surface area contributed by atoms with Gasteiger partial charge in [-0.25, -0.2) is 0 Å². The molecule has 1 heterocycles. The number of carbonyl (C=O) groups is 1. The highest BCUT2D eigenvalue weighted by atomic mass is 16.5. The first-order valence-corrected chi connectivity index (χ1v) is 9.94. The van der Waals surface area contributed by atoms with E-state index in [1.165, 1.54) is 12.0 Å². The van der Waals surface area contributed by atoms with Gasteiger partial charge in [-0.3, -0.25) is 9.78 Å². The van der Waals surface area contributed by atoms with Crippen LogP contribution in [-0.4, -0.2) is 18.0 Å². The molecule has 0 atom stereocenters. The number of nitrogens with zero attached hydrogens (tertiary/aromatic N) is 1. The Labute approximate surface area is 165 Å². The van der Waals surface area contributed by atoms with Gasteiger partial charge in [0.1, 0.15) is 11.3 Å². The van der Waals surface area contributed by atoms with E-state index in [9.17, 15) is 4.79 Å². The van der Waals surface area contributed by atoms with Crippen molar-refractivity contribution in [1.82, 2.24) is 4.98 Å². The molecule has 1 aromatic heterocycles. The fourth-order valence-corrected chi connectivity index (χ4v) is 4.41. The Hall–Kier alpha value is -2.88. The molecule has 0 saturated heterocycles. The van der Waals surface area contributed by atoms with E-state index in [0.29, 0.717) is 5.75 Å². The second-order valence-corrected chi connectivity index (χ2v) is 7.68. The third kappa shape index (κ3) is 3.24. The smallest absolute Gasteiger partial charge is 0.235 e. The van der Waals surface area contributed by atoms with Gasteiger partial charge in [-0.2, -0.15) is 0 Å². The number of anilines is 1. The molecule has 1 amide bonds. The Morgan fingerprint density at radius 3 is 2.64 bits per heavy atom. The van der Waals surface area contributed by atoms with Crippen molar-refractivity contribution in [2.75, 3.05) is 12.4 Å². The molecule has 2 aromatic carbocycles. The largest absolute Gasteiger partial charge is 0.494 e. The molecule has 4 nitrogen and oxygen atoms in total. The number of carbonyl (C=O) groups excluding carboxylic acids is 1. The number of hydrogen-bond donors (Lipinski definition) is 1. The van der Waals surface area contributed by atoms with Crippen molar-refractivity contribution >= 4 is 22.5 Å². The number of fused-ring (bicyclic) bond motifs is 1. The SMILES string of the molecule is COc1ccc(NC(=O)C2(c3cccc(C)c3)CCCCC2)c2cccnc12. The summed E-state index contributed by atoms with van der Waals surface area (Å²) in [6.07, 6.45) is 6.85. The van der Waals surface area contributed by atoms with E-state index in [4.69, 9.17) is 4.74 Å². The zero-order valence-electron chi connectivity index (χ0n) is 16.5. The maximum Gasteiger partial charge on any atom is 0.235 e. The Kier molecular flexibility index (Phi) is 5.03. The molecule has 0 radical (unpaired) electrons. The zero-order valence-corrected chi connectivity index (χ0v) is 16.5. The lowest BCUT2D eigenvalue weighted by Crippen LogP contribution is -2.42. The molecule has 1 aliphatic carbocycles. The van der Waals surface area contributed by atoms with Crippen LogP contribution in [0.5, 0.6) is 5.75 Å². The summed E-state index contributed by atoms with van der Waals surface area (Å²) < 4.78 is 5.43. The first-order valence-electron chi connectivity index (χ1n) is 9.94. The Bertz CT molecular complexity index is 1010. The van der Waals surface area contributed by atoms with Crippen LogP contribution >= 0.6 is 0 Å². The number of aryl methyl sites for hydroxylation is 1. The summed E-state index contributed by atoms with van der Waals surface area (Å²) in [7, 11) is 1.64. The quantitative estimate of drug-likeness (QED) is 0.666. The Morgan fingerprint density at radius 2 is 1.89 bits per heavy atom. The summed E-state index contributed by atoms with van der Waals surface area (Å²) in [5, 5.41) is 4.12. The van der Waals surface area contributed by atoms with Gasteiger partial charge in [0, 0.05) is 11.6 Å². The first-order chi connectivity index (χ1) is 13.6. The van der Waals surface area contributed by atoms with Crippen molar-refractivity contribution in [2.45, 2.75) is 44.4 Å². The maximum absolute atomic E-state index is 13.6. The summed E-state index contributed by atoms with van der Waals surface area (Å²) in [4.78, 5) is 18.1. The Balaban J connectivity index is 1.74. The molecule has 3 aromatic rings. The van der Waals surface area contributed by atoms with Gasteiger partial charge in [0.2, 0.25) is 5.91 Å². The second-order valence-electron chi connectivity index (χ2n) is 7.68. The Morgan fingerprint density at radius 1 is 1.07 bits per heavy atom. The number of nitrogens with one attached hydrogen (secondary N) is 1. The molecule has 0 spiro atoms. The minimum atomic E-state index is -0.473. The number of benzene rings is 2. The highest BCUT2D eigenvalue weighted by molar-refractivity contribution is 6.06. The van der Waals surface area contributed by atoms with Crippen molar-refractivity contribution in [2.24, 2.45) is 0 Å². The lowest BCUT2D eigenvalue weighted by Gasteiger charge is -2.36. The van der Waals surface area contributed by atoms with E-state index in [2.05, 4.69) is 41.5 Å². The second kappa shape index (κ2) is 7.63. The molecule has 4 rings (SSSR count). The van der Waals surface area contributed by atoms with Crippen LogP contribution in [0.1, 0.15) is 43.2 Å². The highest BCUT2D eigenvalue weighted by Crippen LogP contribution is 2.41. The van der Waals surface area contributed by atoms with E-state index < -0.39 is 5.41 Å². The maximum atomic E-state index is 13.6. The fourth-order valence-electron chi connectivity index (χ4n) is 4.41. The number of pyridine rings is 1. The third-order valence-electron chi connectivity index (χ3n) is 5.91. The summed E-state index contributed by atoms with van der Waals surface area (Å²) >= 11 is 0. The van der Waals surface area contributed by atoms with E-state index >= 15 is 0 Å². The van der Waals surface area contributed by atoms with Crippen LogP contribution in [0.3, 0.4) is 0 Å². The molecule has 144 valence electrons. The number of hydrogen-bond acceptors (Lipinski definition) is 3. The molecule has 4 heteroatoms. The monoisotopic (exact) mass is 374 g/mol. The van der Waals surface area contributed by atoms with Gasteiger partial charge in [-0.1, -0.05) is 49.1 Å². The lowest BCUT2D eigenvalue weighted by molar-refractivity contribution is -0.122. The number of amides is 1. The summed E-state index contributed by atoms with van der Waals surface area (Å²) in [5.41, 5.74) is 3.39. The highest BCUT2D eigenvalue weighted by Gasteiger charge is 2.41. The van der Waals surface area contributed by atoms with E-state index in [-0.39, 0.29) is 5.91 Å². The van der Waals surface area contributed by atoms with Gasteiger partial charge >= 0.3 is 0 Å². The molecule has 1 N–H and O–H groups in total. The number of rotatable bonds is 4. The van der Waals surface area contributed by atoms with Crippen LogP contribution in [0.4, 0.5) is 5.69 Å². The molecular weight excluding hydrogens is 348 g/mol. The topological polar surface area (TPSA) is 51.2 Å². The van der Waals surface area contributed by atoms with Crippen molar-refractivity contribution in [3.8, 4) is 5.75 Å². The van der Waals surface area contributed by atoms with Crippen molar-refractivity contribution in [3.05, 3.63) is 65.9 Å². The normalized spacial score (nSPS) is 15.9. The molecule has 0 aliphatic heterocycles. The lowest BCUT2D eigenvalue weighted by atomic mass is 9.68. The van der Waals surface area contributed by atoms with Gasteiger partial charge in [0.05, 0.1) is 18.2 Å². The van der Waals surface area contributed by atoms with Crippen LogP contribution in [0.15, 0.2) is 54.7 Å². The molecular formula is C24H26N2O2. The van der Waals surface area contributed by atoms with Crippen molar-refractivity contribution in [3.63, 3.8) is 0 Å². The van der Waals surface area contributed by atoms with E-state index in [1.54, 1.807) is 13.3 Å². The summed E-state index contributed by atoms with van der Waals surface area (Å²) in [6.45, 7) is 2.08. The standard InChI is InChI=1S/C24H26N2O2/c1-17-8-6-9-18(16-17)24(13-4-3-5-14-24)23(27)26-20-11-12-21(28-2)22-19(20)10-7-15-25-22/h6-12,15-16H,3-5,13-14H2,1-2H3,(H,26,27). The van der Waals surface area contributed by atoms with Crippen molar-refractivity contribution in [1.29, 1.82) is 0 Å². The van der Waals surface area contributed by atoms with Crippen LogP contribution in [0, 0.1) is 6.92 Å². The van der Waals surface area contributed by atoms with Crippen LogP contribution in [-0.2, 0) is 10.2 Å². The zero-order chi connectivity index (χ0) is 19.6. The number of methoxy groups -OCH3 is 1. The van der Waals surface area contributed by atoms with Crippen LogP contribution < -0.4 is 10.1 Å². The molecule has 1 fully saturated rings. The summed E-state index contributed by atoms with van der Waals surface area (Å²) in [6, 6.07) is 16.0. The number of ether oxygens (including phenoxy) is 1. The molecule has 28 heavy (non-hydrogen) atoms. The van der Waals surface area contributed by atoms with E-state index in [1.807, 2.05) is 24.3 Å². The third-order valence-corrected chi connectivity index (χ3v) is 5.91. The van der Waals surface area contributed by atoms with Gasteiger partial charge in [0.25, 0.3) is 0 Å². The van der Waals surface area contributed by atoms with Gasteiger partial charge in [-0.15, -0.1) is 0 Å². The van der Waals surface area contributed by atoms with Crippen LogP contribution in [0.2, 0.25) is 0 Å². The predicted molar refractivity (Wildman–Crippen MR) is 113 cm³/mol. The average Bonchev–Trinajstić information content (AvgIpc) is 2.74. The number of aromatic nitrogens is 1. The fraction of sp³-hybridized carbons (Fsp3) is 0.333. The first kappa shape index (κ1) is 18.5. The molecule has 0 bridgehead atoms. The average molecular weight is 374 g/mol.